The number of Topliss-reactive ketones (excluding diaryl/α,β-unsaturated/α-hetero) is 1. The molecular weight excluding hydrogens is 320 g/mol. The summed E-state index contributed by atoms with van der Waals surface area (Å²) in [5.74, 6) is -1.30. The Morgan fingerprint density at radius 3 is 2.56 bits per heavy atom. The summed E-state index contributed by atoms with van der Waals surface area (Å²) < 4.78 is 0. The van der Waals surface area contributed by atoms with Crippen LogP contribution in [0.5, 0.6) is 0 Å². The Balaban J connectivity index is 2.06. The molecule has 0 fully saturated rings. The monoisotopic (exact) mass is 342 g/mol. The maximum atomic E-state index is 12.4. The van der Waals surface area contributed by atoms with E-state index in [2.05, 4.69) is 10.3 Å². The van der Waals surface area contributed by atoms with Gasteiger partial charge in [-0.05, 0) is 49.9 Å². The molecule has 0 aliphatic carbocycles. The third kappa shape index (κ3) is 4.15. The molecule has 25 heavy (non-hydrogen) atoms. The number of aromatic amines is 1. The van der Waals surface area contributed by atoms with Crippen molar-refractivity contribution in [1.29, 1.82) is 0 Å². The summed E-state index contributed by atoms with van der Waals surface area (Å²) in [6.45, 7) is 5.55. The molecule has 0 aliphatic rings. The predicted molar refractivity (Wildman–Crippen MR) is 94.4 cm³/mol. The lowest BCUT2D eigenvalue weighted by atomic mass is 10.0. The molecule has 132 valence electrons. The second-order valence-corrected chi connectivity index (χ2v) is 5.90. The minimum atomic E-state index is -0.975. The van der Waals surface area contributed by atoms with Gasteiger partial charge < -0.3 is 15.4 Å². The standard InChI is InChI=1S/C19H22N2O4/c1-4-15-16(12(3)22)11(2)21-17(15)18(23)20-9-8-13-6-5-7-14(10-13)19(24)25/h5-7,10,21H,4,8-9H2,1-3H3,(H,20,23)(H,24,25). The SMILES string of the molecule is CCc1c(C(=O)NCCc2cccc(C(=O)O)c2)[nH]c(C)c1C(C)=O. The number of hydrogen-bond donors (Lipinski definition) is 3. The first-order valence-corrected chi connectivity index (χ1v) is 8.18. The first-order chi connectivity index (χ1) is 11.8. The lowest BCUT2D eigenvalue weighted by Crippen LogP contribution is -2.27. The molecule has 1 aromatic heterocycles. The molecule has 0 saturated carbocycles. The van der Waals surface area contributed by atoms with Crippen molar-refractivity contribution in [3.8, 4) is 0 Å². The van der Waals surface area contributed by atoms with E-state index in [1.165, 1.54) is 13.0 Å². The zero-order chi connectivity index (χ0) is 18.6. The van der Waals surface area contributed by atoms with E-state index in [0.29, 0.717) is 36.3 Å². The Bertz CT molecular complexity index is 821. The van der Waals surface area contributed by atoms with Crippen LogP contribution in [0.25, 0.3) is 0 Å². The maximum absolute atomic E-state index is 12.4. The first kappa shape index (κ1) is 18.4. The summed E-state index contributed by atoms with van der Waals surface area (Å²) in [7, 11) is 0. The molecule has 0 bridgehead atoms. The molecule has 0 radical (unpaired) electrons. The molecule has 1 aromatic carbocycles. The fourth-order valence-corrected chi connectivity index (χ4v) is 2.97. The van der Waals surface area contributed by atoms with E-state index in [4.69, 9.17) is 5.11 Å². The number of hydrogen-bond acceptors (Lipinski definition) is 3. The van der Waals surface area contributed by atoms with Crippen LogP contribution in [-0.4, -0.2) is 34.3 Å². The number of aromatic nitrogens is 1. The van der Waals surface area contributed by atoms with Crippen LogP contribution in [0.4, 0.5) is 0 Å². The van der Waals surface area contributed by atoms with E-state index in [1.54, 1.807) is 19.1 Å². The summed E-state index contributed by atoms with van der Waals surface area (Å²) in [5.41, 5.74) is 3.50. The molecule has 0 spiro atoms. The number of carbonyl (C=O) groups is 3. The van der Waals surface area contributed by atoms with Crippen molar-refractivity contribution in [2.45, 2.75) is 33.6 Å². The molecule has 0 aliphatic heterocycles. The van der Waals surface area contributed by atoms with Gasteiger partial charge in [-0.3, -0.25) is 9.59 Å². The number of H-pyrrole nitrogens is 1. The van der Waals surface area contributed by atoms with Crippen molar-refractivity contribution in [3.05, 3.63) is 57.9 Å². The molecule has 3 N–H and O–H groups in total. The molecule has 0 saturated heterocycles. The van der Waals surface area contributed by atoms with Crippen molar-refractivity contribution in [1.82, 2.24) is 10.3 Å². The Labute approximate surface area is 146 Å². The van der Waals surface area contributed by atoms with Gasteiger partial charge in [0.1, 0.15) is 5.69 Å². The number of carboxylic acid groups (broad SMARTS) is 1. The van der Waals surface area contributed by atoms with Crippen LogP contribution in [0.1, 0.15) is 61.9 Å². The highest BCUT2D eigenvalue weighted by Crippen LogP contribution is 2.20. The smallest absolute Gasteiger partial charge is 0.335 e. The third-order valence-corrected chi connectivity index (χ3v) is 4.10. The van der Waals surface area contributed by atoms with Gasteiger partial charge in [-0.15, -0.1) is 0 Å². The lowest BCUT2D eigenvalue weighted by molar-refractivity contribution is 0.0696. The molecule has 2 rings (SSSR count). The Hall–Kier alpha value is -2.89. The average Bonchev–Trinajstić information content (AvgIpc) is 2.91. The molecule has 1 heterocycles. The van der Waals surface area contributed by atoms with Crippen molar-refractivity contribution >= 4 is 17.7 Å². The highest BCUT2D eigenvalue weighted by atomic mass is 16.4. The first-order valence-electron chi connectivity index (χ1n) is 8.18. The zero-order valence-corrected chi connectivity index (χ0v) is 14.6. The van der Waals surface area contributed by atoms with Crippen LogP contribution in [0.15, 0.2) is 24.3 Å². The Kier molecular flexibility index (Phi) is 5.75. The fraction of sp³-hybridized carbons (Fsp3) is 0.316. The number of carboxylic acids is 1. The number of aryl methyl sites for hydroxylation is 1. The van der Waals surface area contributed by atoms with Crippen molar-refractivity contribution < 1.29 is 19.5 Å². The van der Waals surface area contributed by atoms with E-state index in [0.717, 1.165) is 11.1 Å². The number of benzene rings is 1. The van der Waals surface area contributed by atoms with Crippen LogP contribution >= 0.6 is 0 Å². The van der Waals surface area contributed by atoms with Crippen LogP contribution in [0, 0.1) is 6.92 Å². The molecule has 2 aromatic rings. The topological polar surface area (TPSA) is 99.3 Å². The minimum Gasteiger partial charge on any atom is -0.478 e. The number of aromatic carboxylic acids is 1. The number of amides is 1. The normalized spacial score (nSPS) is 10.5. The van der Waals surface area contributed by atoms with Crippen LogP contribution in [0.2, 0.25) is 0 Å². The van der Waals surface area contributed by atoms with Crippen LogP contribution < -0.4 is 5.32 Å². The van der Waals surface area contributed by atoms with Crippen molar-refractivity contribution in [3.63, 3.8) is 0 Å². The average molecular weight is 342 g/mol. The molecule has 6 heteroatoms. The summed E-state index contributed by atoms with van der Waals surface area (Å²) >= 11 is 0. The van der Waals surface area contributed by atoms with E-state index >= 15 is 0 Å². The molecule has 1 amide bonds. The van der Waals surface area contributed by atoms with Gasteiger partial charge in [0.05, 0.1) is 5.56 Å². The van der Waals surface area contributed by atoms with Crippen LogP contribution in [0.3, 0.4) is 0 Å². The second-order valence-electron chi connectivity index (χ2n) is 5.90. The maximum Gasteiger partial charge on any atom is 0.335 e. The Morgan fingerprint density at radius 2 is 1.96 bits per heavy atom. The van der Waals surface area contributed by atoms with E-state index in [1.807, 2.05) is 13.0 Å². The lowest BCUT2D eigenvalue weighted by Gasteiger charge is -2.07. The van der Waals surface area contributed by atoms with Crippen LogP contribution in [-0.2, 0) is 12.8 Å². The molecule has 0 unspecified atom stereocenters. The van der Waals surface area contributed by atoms with Gasteiger partial charge in [-0.2, -0.15) is 0 Å². The number of rotatable bonds is 7. The third-order valence-electron chi connectivity index (χ3n) is 4.10. The molecule has 0 atom stereocenters. The number of nitrogens with one attached hydrogen (secondary N) is 2. The summed E-state index contributed by atoms with van der Waals surface area (Å²) in [5, 5.41) is 11.8. The Morgan fingerprint density at radius 1 is 1.24 bits per heavy atom. The molecule has 6 nitrogen and oxygen atoms in total. The largest absolute Gasteiger partial charge is 0.478 e. The summed E-state index contributed by atoms with van der Waals surface area (Å²) in [6, 6.07) is 6.63. The fourth-order valence-electron chi connectivity index (χ4n) is 2.97. The van der Waals surface area contributed by atoms with E-state index in [9.17, 15) is 14.4 Å². The van der Waals surface area contributed by atoms with Gasteiger partial charge in [-0.1, -0.05) is 19.1 Å². The van der Waals surface area contributed by atoms with Gasteiger partial charge in [-0.25, -0.2) is 4.79 Å². The van der Waals surface area contributed by atoms with Crippen molar-refractivity contribution in [2.75, 3.05) is 6.54 Å². The van der Waals surface area contributed by atoms with Gasteiger partial charge in [0.15, 0.2) is 5.78 Å². The predicted octanol–water partition coefficient (Wildman–Crippen LogP) is 2.76. The van der Waals surface area contributed by atoms with Gasteiger partial charge in [0.2, 0.25) is 0 Å². The summed E-state index contributed by atoms with van der Waals surface area (Å²) in [4.78, 5) is 38.2. The zero-order valence-electron chi connectivity index (χ0n) is 14.6. The van der Waals surface area contributed by atoms with E-state index < -0.39 is 5.97 Å². The van der Waals surface area contributed by atoms with Gasteiger partial charge in [0.25, 0.3) is 5.91 Å². The quantitative estimate of drug-likeness (QED) is 0.674. The summed E-state index contributed by atoms with van der Waals surface area (Å²) in [6.07, 6.45) is 1.11. The minimum absolute atomic E-state index is 0.0601. The van der Waals surface area contributed by atoms with Gasteiger partial charge >= 0.3 is 5.97 Å². The highest BCUT2D eigenvalue weighted by Gasteiger charge is 2.21. The highest BCUT2D eigenvalue weighted by molar-refractivity contribution is 6.02. The van der Waals surface area contributed by atoms with Gasteiger partial charge in [0, 0.05) is 17.8 Å². The number of ketones is 1. The van der Waals surface area contributed by atoms with Crippen molar-refractivity contribution in [2.24, 2.45) is 0 Å². The van der Waals surface area contributed by atoms with E-state index in [-0.39, 0.29) is 17.3 Å². The molecular formula is C19H22N2O4. The second kappa shape index (κ2) is 7.79. The number of carbonyl (C=O) groups excluding carboxylic acids is 2.